The summed E-state index contributed by atoms with van der Waals surface area (Å²) in [6.07, 6.45) is 11.6. The molecule has 2 unspecified atom stereocenters. The molecule has 2 saturated carbocycles. The summed E-state index contributed by atoms with van der Waals surface area (Å²) in [5.41, 5.74) is 0.506. The fourth-order valence-corrected chi connectivity index (χ4v) is 4.72. The highest BCUT2D eigenvalue weighted by Crippen LogP contribution is 2.40. The van der Waals surface area contributed by atoms with Crippen molar-refractivity contribution in [3.05, 3.63) is 0 Å². The smallest absolute Gasteiger partial charge is 0.0730 e. The van der Waals surface area contributed by atoms with E-state index in [4.69, 9.17) is 4.74 Å². The molecule has 0 amide bonds. The Bertz CT molecular complexity index is 278. The van der Waals surface area contributed by atoms with Crippen molar-refractivity contribution < 1.29 is 4.74 Å². The first-order valence-corrected chi connectivity index (χ1v) is 8.43. The van der Waals surface area contributed by atoms with Crippen LogP contribution < -0.4 is 0 Å². The highest BCUT2D eigenvalue weighted by atomic mass is 32.1. The van der Waals surface area contributed by atoms with E-state index in [2.05, 4.69) is 17.5 Å². The molecule has 0 N–H and O–H groups in total. The Morgan fingerprint density at radius 3 is 2.72 bits per heavy atom. The highest BCUT2D eigenvalue weighted by Gasteiger charge is 2.40. The standard InChI is InChI=1S/C15H27NOS/c18-12-15(7-2-1-3-8-15)11-16-9-10-17-14-6-4-5-13(14)16/h13-14,18H,1-12H2. The molecule has 0 aromatic carbocycles. The molecule has 2 nitrogen and oxygen atoms in total. The Balaban J connectivity index is 1.66. The summed E-state index contributed by atoms with van der Waals surface area (Å²) in [6.45, 7) is 3.38. The van der Waals surface area contributed by atoms with E-state index in [1.165, 1.54) is 57.9 Å². The largest absolute Gasteiger partial charge is 0.375 e. The van der Waals surface area contributed by atoms with E-state index in [0.29, 0.717) is 11.5 Å². The van der Waals surface area contributed by atoms with Crippen molar-refractivity contribution in [1.82, 2.24) is 4.90 Å². The number of hydrogen-bond donors (Lipinski definition) is 1. The molecular formula is C15H27NOS. The van der Waals surface area contributed by atoms with Gasteiger partial charge >= 0.3 is 0 Å². The van der Waals surface area contributed by atoms with Gasteiger partial charge in [-0.15, -0.1) is 0 Å². The fourth-order valence-electron chi connectivity index (χ4n) is 4.30. The van der Waals surface area contributed by atoms with Crippen LogP contribution in [0, 0.1) is 5.41 Å². The molecule has 2 aliphatic carbocycles. The summed E-state index contributed by atoms with van der Waals surface area (Å²) in [7, 11) is 0. The second-order valence-corrected chi connectivity index (χ2v) is 6.91. The van der Waals surface area contributed by atoms with Gasteiger partial charge in [-0.25, -0.2) is 0 Å². The number of rotatable bonds is 3. The Morgan fingerprint density at radius 1 is 1.11 bits per heavy atom. The molecule has 3 aliphatic rings. The first-order chi connectivity index (χ1) is 8.83. The maximum absolute atomic E-state index is 5.93. The summed E-state index contributed by atoms with van der Waals surface area (Å²) >= 11 is 4.69. The Hall–Kier alpha value is 0.270. The van der Waals surface area contributed by atoms with E-state index in [1.54, 1.807) is 0 Å². The average Bonchev–Trinajstić information content (AvgIpc) is 2.89. The van der Waals surface area contributed by atoms with Crippen molar-refractivity contribution >= 4 is 12.6 Å². The predicted molar refractivity (Wildman–Crippen MR) is 78.3 cm³/mol. The van der Waals surface area contributed by atoms with E-state index >= 15 is 0 Å². The van der Waals surface area contributed by atoms with Gasteiger partial charge in [-0.1, -0.05) is 19.3 Å². The van der Waals surface area contributed by atoms with Gasteiger partial charge in [-0.2, -0.15) is 12.6 Å². The van der Waals surface area contributed by atoms with Crippen molar-refractivity contribution in [2.45, 2.75) is 63.5 Å². The molecule has 0 bridgehead atoms. The molecule has 0 aromatic heterocycles. The second kappa shape index (κ2) is 5.72. The van der Waals surface area contributed by atoms with Gasteiger partial charge in [-0.05, 0) is 43.3 Å². The predicted octanol–water partition coefficient (Wildman–Crippen LogP) is 3.12. The molecule has 0 aromatic rings. The first-order valence-electron chi connectivity index (χ1n) is 7.80. The maximum Gasteiger partial charge on any atom is 0.0730 e. The SMILES string of the molecule is SCC1(CN2CCOC3CCCC32)CCCCC1. The first kappa shape index (κ1) is 13.3. The zero-order valence-corrected chi connectivity index (χ0v) is 12.3. The molecule has 3 heteroatoms. The third-order valence-electron chi connectivity index (χ3n) is 5.39. The van der Waals surface area contributed by atoms with Gasteiger partial charge in [0.05, 0.1) is 12.7 Å². The summed E-state index contributed by atoms with van der Waals surface area (Å²) in [5, 5.41) is 0. The number of nitrogens with zero attached hydrogens (tertiary/aromatic N) is 1. The van der Waals surface area contributed by atoms with Gasteiger partial charge in [0.25, 0.3) is 0 Å². The van der Waals surface area contributed by atoms with Crippen molar-refractivity contribution in [3.63, 3.8) is 0 Å². The van der Waals surface area contributed by atoms with Crippen LogP contribution >= 0.6 is 12.6 Å². The topological polar surface area (TPSA) is 12.5 Å². The van der Waals surface area contributed by atoms with Crippen LogP contribution in [0.3, 0.4) is 0 Å². The summed E-state index contributed by atoms with van der Waals surface area (Å²) in [4.78, 5) is 2.75. The van der Waals surface area contributed by atoms with Gasteiger partial charge in [0.2, 0.25) is 0 Å². The lowest BCUT2D eigenvalue weighted by Crippen LogP contribution is -2.53. The van der Waals surface area contributed by atoms with Crippen LogP contribution in [0.1, 0.15) is 51.4 Å². The molecule has 104 valence electrons. The molecule has 3 fully saturated rings. The number of fused-ring (bicyclic) bond motifs is 1. The van der Waals surface area contributed by atoms with Crippen LogP contribution in [0.2, 0.25) is 0 Å². The number of thiol groups is 1. The van der Waals surface area contributed by atoms with Crippen molar-refractivity contribution in [3.8, 4) is 0 Å². The van der Waals surface area contributed by atoms with Gasteiger partial charge in [-0.3, -0.25) is 4.90 Å². The van der Waals surface area contributed by atoms with Crippen molar-refractivity contribution in [2.75, 3.05) is 25.4 Å². The van der Waals surface area contributed by atoms with E-state index < -0.39 is 0 Å². The van der Waals surface area contributed by atoms with E-state index in [9.17, 15) is 0 Å². The molecule has 0 spiro atoms. The lowest BCUT2D eigenvalue weighted by molar-refractivity contribution is -0.0697. The van der Waals surface area contributed by atoms with Gasteiger partial charge in [0.15, 0.2) is 0 Å². The molecule has 1 heterocycles. The second-order valence-electron chi connectivity index (χ2n) is 6.60. The average molecular weight is 269 g/mol. The molecule has 1 aliphatic heterocycles. The van der Waals surface area contributed by atoms with Crippen LogP contribution in [0.4, 0.5) is 0 Å². The Kier molecular flexibility index (Phi) is 4.21. The number of ether oxygens (including phenoxy) is 1. The minimum absolute atomic E-state index is 0.506. The Morgan fingerprint density at radius 2 is 1.94 bits per heavy atom. The molecule has 3 rings (SSSR count). The monoisotopic (exact) mass is 269 g/mol. The molecule has 18 heavy (non-hydrogen) atoms. The lowest BCUT2D eigenvalue weighted by Gasteiger charge is -2.45. The van der Waals surface area contributed by atoms with E-state index in [0.717, 1.165) is 24.9 Å². The third-order valence-corrected chi connectivity index (χ3v) is 6.06. The number of hydrogen-bond acceptors (Lipinski definition) is 3. The Labute approximate surface area is 117 Å². The highest BCUT2D eigenvalue weighted by molar-refractivity contribution is 7.80. The summed E-state index contributed by atoms with van der Waals surface area (Å²) < 4.78 is 5.93. The minimum Gasteiger partial charge on any atom is -0.375 e. The van der Waals surface area contributed by atoms with Crippen LogP contribution in [0.25, 0.3) is 0 Å². The van der Waals surface area contributed by atoms with Crippen molar-refractivity contribution in [2.24, 2.45) is 5.41 Å². The molecule has 2 atom stereocenters. The molecule has 1 saturated heterocycles. The zero-order valence-electron chi connectivity index (χ0n) is 11.4. The lowest BCUT2D eigenvalue weighted by atomic mass is 9.75. The van der Waals surface area contributed by atoms with Crippen LogP contribution in [-0.2, 0) is 4.74 Å². The maximum atomic E-state index is 5.93. The van der Waals surface area contributed by atoms with Crippen LogP contribution in [0.5, 0.6) is 0 Å². The zero-order chi connectivity index (χ0) is 12.4. The van der Waals surface area contributed by atoms with E-state index in [1.807, 2.05) is 0 Å². The third kappa shape index (κ3) is 2.59. The van der Waals surface area contributed by atoms with Crippen molar-refractivity contribution in [1.29, 1.82) is 0 Å². The fraction of sp³-hybridized carbons (Fsp3) is 1.00. The van der Waals surface area contributed by atoms with Crippen LogP contribution in [-0.4, -0.2) is 42.5 Å². The molecule has 0 radical (unpaired) electrons. The summed E-state index contributed by atoms with van der Waals surface area (Å²) in [6, 6.07) is 0.720. The van der Waals surface area contributed by atoms with Crippen LogP contribution in [0.15, 0.2) is 0 Å². The minimum atomic E-state index is 0.506. The molecular weight excluding hydrogens is 242 g/mol. The van der Waals surface area contributed by atoms with Gasteiger partial charge in [0, 0.05) is 19.1 Å². The normalized spacial score (nSPS) is 36.5. The van der Waals surface area contributed by atoms with E-state index in [-0.39, 0.29) is 0 Å². The number of morpholine rings is 1. The van der Waals surface area contributed by atoms with Gasteiger partial charge in [0.1, 0.15) is 0 Å². The quantitative estimate of drug-likeness (QED) is 0.790. The summed E-state index contributed by atoms with van der Waals surface area (Å²) in [5.74, 6) is 1.07. The van der Waals surface area contributed by atoms with Gasteiger partial charge < -0.3 is 4.74 Å².